The summed E-state index contributed by atoms with van der Waals surface area (Å²) in [4.78, 5) is 16.1. The van der Waals surface area contributed by atoms with Gasteiger partial charge in [0, 0.05) is 5.54 Å². The first kappa shape index (κ1) is 12.4. The van der Waals surface area contributed by atoms with Gasteiger partial charge in [0.15, 0.2) is 5.13 Å². The van der Waals surface area contributed by atoms with Crippen molar-refractivity contribution in [1.82, 2.24) is 4.98 Å². The van der Waals surface area contributed by atoms with Gasteiger partial charge in [-0.05, 0) is 19.8 Å². The molecule has 0 spiro atoms. The molecule has 0 unspecified atom stereocenters. The van der Waals surface area contributed by atoms with E-state index in [1.165, 1.54) is 50.6 Å². The number of nitrogens with one attached hydrogen (secondary N) is 1. The Morgan fingerprint density at radius 3 is 2.82 bits per heavy atom. The number of methoxy groups -OCH3 is 1. The number of hydrogen-bond donors (Lipinski definition) is 1. The standard InChI is InChI=1S/C12H18N2O2S/c1-12(6-4-3-5-7-12)14-11-13-8-9(17-11)10(15)16-2/h8H,3-7H2,1-2H3,(H,13,14). The van der Waals surface area contributed by atoms with Gasteiger partial charge in [-0.2, -0.15) is 0 Å². The largest absolute Gasteiger partial charge is 0.465 e. The molecule has 17 heavy (non-hydrogen) atoms. The maximum atomic E-state index is 11.3. The molecule has 0 aromatic carbocycles. The molecule has 1 saturated carbocycles. The van der Waals surface area contributed by atoms with Gasteiger partial charge in [0.2, 0.25) is 0 Å². The highest BCUT2D eigenvalue weighted by Crippen LogP contribution is 2.32. The van der Waals surface area contributed by atoms with Crippen LogP contribution in [-0.2, 0) is 4.74 Å². The number of anilines is 1. The third-order valence-corrected chi connectivity index (χ3v) is 4.15. The van der Waals surface area contributed by atoms with Crippen LogP contribution in [0.15, 0.2) is 6.20 Å². The number of thiazole rings is 1. The molecule has 0 aliphatic heterocycles. The van der Waals surface area contributed by atoms with E-state index in [0.29, 0.717) is 4.88 Å². The van der Waals surface area contributed by atoms with Crippen molar-refractivity contribution in [2.45, 2.75) is 44.6 Å². The number of ether oxygens (including phenoxy) is 1. The van der Waals surface area contributed by atoms with Crippen molar-refractivity contribution in [2.75, 3.05) is 12.4 Å². The van der Waals surface area contributed by atoms with Crippen LogP contribution in [0.3, 0.4) is 0 Å². The SMILES string of the molecule is COC(=O)c1cnc(NC2(C)CCCCC2)s1. The summed E-state index contributed by atoms with van der Waals surface area (Å²) in [7, 11) is 1.39. The molecule has 0 radical (unpaired) electrons. The topological polar surface area (TPSA) is 51.2 Å². The first-order chi connectivity index (χ1) is 8.13. The van der Waals surface area contributed by atoms with Crippen molar-refractivity contribution < 1.29 is 9.53 Å². The first-order valence-corrected chi connectivity index (χ1v) is 6.77. The lowest BCUT2D eigenvalue weighted by atomic mass is 9.83. The van der Waals surface area contributed by atoms with Crippen LogP contribution in [0.5, 0.6) is 0 Å². The maximum Gasteiger partial charge on any atom is 0.349 e. The van der Waals surface area contributed by atoms with E-state index in [1.807, 2.05) is 0 Å². The minimum atomic E-state index is -0.315. The molecular weight excluding hydrogens is 236 g/mol. The lowest BCUT2D eigenvalue weighted by Gasteiger charge is -2.34. The quantitative estimate of drug-likeness (QED) is 0.842. The Hall–Kier alpha value is -1.10. The van der Waals surface area contributed by atoms with Gasteiger partial charge in [0.25, 0.3) is 0 Å². The molecule has 0 bridgehead atoms. The molecule has 0 saturated heterocycles. The molecule has 1 aromatic heterocycles. The van der Waals surface area contributed by atoms with Crippen LogP contribution in [0.25, 0.3) is 0 Å². The Morgan fingerprint density at radius 1 is 1.47 bits per heavy atom. The fourth-order valence-electron chi connectivity index (χ4n) is 2.24. The Morgan fingerprint density at radius 2 is 2.18 bits per heavy atom. The number of hydrogen-bond acceptors (Lipinski definition) is 5. The Labute approximate surface area is 105 Å². The predicted molar refractivity (Wildman–Crippen MR) is 68.6 cm³/mol. The van der Waals surface area contributed by atoms with Crippen molar-refractivity contribution in [3.63, 3.8) is 0 Å². The van der Waals surface area contributed by atoms with Crippen LogP contribution in [0.2, 0.25) is 0 Å². The van der Waals surface area contributed by atoms with Gasteiger partial charge in [-0.3, -0.25) is 0 Å². The molecule has 0 amide bonds. The second-order valence-corrected chi connectivity index (χ2v) is 5.80. The molecule has 1 aliphatic carbocycles. The van der Waals surface area contributed by atoms with E-state index in [1.54, 1.807) is 6.20 Å². The Balaban J connectivity index is 2.03. The summed E-state index contributed by atoms with van der Waals surface area (Å²) in [6.45, 7) is 2.23. The zero-order valence-corrected chi connectivity index (χ0v) is 11.1. The zero-order chi connectivity index (χ0) is 12.3. The van der Waals surface area contributed by atoms with Crippen LogP contribution in [0.4, 0.5) is 5.13 Å². The van der Waals surface area contributed by atoms with E-state index in [9.17, 15) is 4.79 Å². The van der Waals surface area contributed by atoms with Crippen LogP contribution < -0.4 is 5.32 Å². The van der Waals surface area contributed by atoms with Gasteiger partial charge in [-0.15, -0.1) is 0 Å². The van der Waals surface area contributed by atoms with Crippen LogP contribution in [0, 0.1) is 0 Å². The van der Waals surface area contributed by atoms with E-state index < -0.39 is 0 Å². The number of nitrogens with zero attached hydrogens (tertiary/aromatic N) is 1. The van der Waals surface area contributed by atoms with Gasteiger partial charge < -0.3 is 10.1 Å². The van der Waals surface area contributed by atoms with Crippen LogP contribution >= 0.6 is 11.3 Å². The van der Waals surface area contributed by atoms with Crippen molar-refractivity contribution in [1.29, 1.82) is 0 Å². The summed E-state index contributed by atoms with van der Waals surface area (Å²) in [5, 5.41) is 4.27. The number of carbonyl (C=O) groups is 1. The molecule has 0 atom stereocenters. The van der Waals surface area contributed by atoms with Gasteiger partial charge in [0.05, 0.1) is 13.3 Å². The molecule has 4 nitrogen and oxygen atoms in total. The van der Waals surface area contributed by atoms with Crippen molar-refractivity contribution in [3.05, 3.63) is 11.1 Å². The second-order valence-electron chi connectivity index (χ2n) is 4.77. The minimum Gasteiger partial charge on any atom is -0.465 e. The lowest BCUT2D eigenvalue weighted by Crippen LogP contribution is -2.36. The van der Waals surface area contributed by atoms with Crippen molar-refractivity contribution >= 4 is 22.4 Å². The van der Waals surface area contributed by atoms with Gasteiger partial charge in [0.1, 0.15) is 4.88 Å². The molecule has 1 heterocycles. The van der Waals surface area contributed by atoms with Gasteiger partial charge in [-0.1, -0.05) is 30.6 Å². The molecule has 1 aromatic rings. The smallest absolute Gasteiger partial charge is 0.349 e. The highest BCUT2D eigenvalue weighted by atomic mass is 32.1. The van der Waals surface area contributed by atoms with E-state index in [-0.39, 0.29) is 11.5 Å². The van der Waals surface area contributed by atoms with Crippen LogP contribution in [-0.4, -0.2) is 23.6 Å². The molecule has 2 rings (SSSR count). The van der Waals surface area contributed by atoms with Gasteiger partial charge in [-0.25, -0.2) is 9.78 Å². The highest BCUT2D eigenvalue weighted by Gasteiger charge is 2.27. The van der Waals surface area contributed by atoms with Crippen LogP contribution in [0.1, 0.15) is 48.7 Å². The lowest BCUT2D eigenvalue weighted by molar-refractivity contribution is 0.0606. The average Bonchev–Trinajstić information content (AvgIpc) is 2.76. The molecule has 1 fully saturated rings. The van der Waals surface area contributed by atoms with E-state index >= 15 is 0 Å². The Kier molecular flexibility index (Phi) is 3.66. The molecule has 94 valence electrons. The number of esters is 1. The summed E-state index contributed by atoms with van der Waals surface area (Å²) >= 11 is 1.36. The van der Waals surface area contributed by atoms with E-state index in [2.05, 4.69) is 22.0 Å². The molecule has 5 heteroatoms. The third kappa shape index (κ3) is 2.97. The normalized spacial score (nSPS) is 18.7. The number of rotatable bonds is 3. The van der Waals surface area contributed by atoms with Gasteiger partial charge >= 0.3 is 5.97 Å². The molecule has 1 N–H and O–H groups in total. The van der Waals surface area contributed by atoms with Crippen molar-refractivity contribution in [2.24, 2.45) is 0 Å². The molecule has 1 aliphatic rings. The first-order valence-electron chi connectivity index (χ1n) is 5.95. The maximum absolute atomic E-state index is 11.3. The molecular formula is C12H18N2O2S. The van der Waals surface area contributed by atoms with E-state index in [4.69, 9.17) is 0 Å². The fourth-order valence-corrected chi connectivity index (χ4v) is 3.13. The monoisotopic (exact) mass is 254 g/mol. The number of aromatic nitrogens is 1. The Bertz CT molecular complexity index is 397. The summed E-state index contributed by atoms with van der Waals surface area (Å²) in [5.74, 6) is -0.315. The predicted octanol–water partition coefficient (Wildman–Crippen LogP) is 3.06. The van der Waals surface area contributed by atoms with Crippen molar-refractivity contribution in [3.8, 4) is 0 Å². The zero-order valence-electron chi connectivity index (χ0n) is 10.3. The fraction of sp³-hybridized carbons (Fsp3) is 0.667. The summed E-state index contributed by atoms with van der Waals surface area (Å²) in [5.41, 5.74) is 0.128. The minimum absolute atomic E-state index is 0.128. The second kappa shape index (κ2) is 5.04. The average molecular weight is 254 g/mol. The third-order valence-electron chi connectivity index (χ3n) is 3.26. The van der Waals surface area contributed by atoms with E-state index in [0.717, 1.165) is 5.13 Å². The summed E-state index contributed by atoms with van der Waals surface area (Å²) in [6.07, 6.45) is 7.76. The summed E-state index contributed by atoms with van der Waals surface area (Å²) < 4.78 is 4.67. The summed E-state index contributed by atoms with van der Waals surface area (Å²) in [6, 6.07) is 0. The number of carbonyl (C=O) groups excluding carboxylic acids is 1. The highest BCUT2D eigenvalue weighted by molar-refractivity contribution is 7.17.